The zero-order chi connectivity index (χ0) is 18.8. The number of amides is 1. The van der Waals surface area contributed by atoms with E-state index in [1.54, 1.807) is 14.1 Å². The molecular weight excluding hydrogens is 384 g/mol. The van der Waals surface area contributed by atoms with Gasteiger partial charge in [-0.3, -0.25) is 4.79 Å². The van der Waals surface area contributed by atoms with Crippen molar-refractivity contribution < 1.29 is 9.53 Å². The molecule has 0 spiro atoms. The van der Waals surface area contributed by atoms with Crippen molar-refractivity contribution in [1.82, 2.24) is 15.5 Å². The fraction of sp³-hybridized carbons (Fsp3) is 0.556. The largest absolute Gasteiger partial charge is 0.488 e. The molecule has 1 aromatic carbocycles. The smallest absolute Gasteiger partial charge is 0.243 e. The number of carbonyl (C=O) groups excluding carboxylic acids is 1. The molecule has 6 nitrogen and oxygen atoms in total. The Bertz CT molecular complexity index is 576. The molecule has 0 aliphatic heterocycles. The maximum absolute atomic E-state index is 11.7. The predicted molar refractivity (Wildman–Crippen MR) is 106 cm³/mol. The van der Waals surface area contributed by atoms with E-state index in [1.165, 1.54) is 4.90 Å². The number of para-hydroxylation sites is 1. The fourth-order valence-corrected chi connectivity index (χ4v) is 2.18. The molecule has 1 aromatic rings. The van der Waals surface area contributed by atoms with Crippen molar-refractivity contribution in [3.8, 4) is 5.75 Å². The van der Waals surface area contributed by atoms with Crippen LogP contribution in [0.3, 0.4) is 0 Å². The first-order chi connectivity index (χ1) is 11.8. The van der Waals surface area contributed by atoms with Gasteiger partial charge in [-0.05, 0) is 40.9 Å². The lowest BCUT2D eigenvalue weighted by Crippen LogP contribution is -2.43. The molecular formula is C18H29BrN4O2. The van der Waals surface area contributed by atoms with E-state index in [1.807, 2.05) is 31.2 Å². The van der Waals surface area contributed by atoms with Gasteiger partial charge in [0.2, 0.25) is 5.91 Å². The molecule has 1 rings (SSSR count). The molecule has 0 saturated heterocycles. The second-order valence-electron chi connectivity index (χ2n) is 6.47. The molecule has 25 heavy (non-hydrogen) atoms. The molecule has 0 bridgehead atoms. The van der Waals surface area contributed by atoms with E-state index in [9.17, 15) is 4.79 Å². The molecule has 1 atom stereocenters. The van der Waals surface area contributed by atoms with Gasteiger partial charge in [0, 0.05) is 20.6 Å². The number of likely N-dealkylation sites (N-methyl/N-ethyl adjacent to an activating group) is 1. The zero-order valence-corrected chi connectivity index (χ0v) is 17.3. The lowest BCUT2D eigenvalue weighted by molar-refractivity contribution is -0.127. The van der Waals surface area contributed by atoms with Crippen LogP contribution in [0.5, 0.6) is 5.75 Å². The molecule has 140 valence electrons. The van der Waals surface area contributed by atoms with Crippen LogP contribution in [0.15, 0.2) is 33.7 Å². The number of benzene rings is 1. The molecule has 0 aliphatic carbocycles. The van der Waals surface area contributed by atoms with Gasteiger partial charge in [0.05, 0.1) is 11.0 Å². The fourth-order valence-electron chi connectivity index (χ4n) is 1.80. The summed E-state index contributed by atoms with van der Waals surface area (Å²) in [4.78, 5) is 17.6. The van der Waals surface area contributed by atoms with Gasteiger partial charge in [0.1, 0.15) is 18.4 Å². The Hall–Kier alpha value is -1.76. The van der Waals surface area contributed by atoms with Gasteiger partial charge in [0.15, 0.2) is 5.96 Å². The average Bonchev–Trinajstić information content (AvgIpc) is 2.55. The Balaban J connectivity index is 2.59. The highest BCUT2D eigenvalue weighted by atomic mass is 79.9. The topological polar surface area (TPSA) is 66.0 Å². The molecule has 0 saturated carbocycles. The van der Waals surface area contributed by atoms with Crippen molar-refractivity contribution in [2.24, 2.45) is 10.9 Å². The molecule has 0 radical (unpaired) electrons. The zero-order valence-electron chi connectivity index (χ0n) is 15.7. The molecule has 1 amide bonds. The first-order valence-corrected chi connectivity index (χ1v) is 9.22. The first-order valence-electron chi connectivity index (χ1n) is 8.43. The number of rotatable bonds is 8. The number of ether oxygens (including phenoxy) is 1. The van der Waals surface area contributed by atoms with E-state index in [0.717, 1.165) is 16.8 Å². The number of hydrogen-bond donors (Lipinski definition) is 2. The van der Waals surface area contributed by atoms with Gasteiger partial charge in [-0.2, -0.15) is 0 Å². The highest BCUT2D eigenvalue weighted by Crippen LogP contribution is 2.24. The monoisotopic (exact) mass is 412 g/mol. The number of hydrogen-bond acceptors (Lipinski definition) is 3. The van der Waals surface area contributed by atoms with Crippen molar-refractivity contribution in [3.63, 3.8) is 0 Å². The van der Waals surface area contributed by atoms with Crippen LogP contribution in [-0.2, 0) is 4.79 Å². The van der Waals surface area contributed by atoms with Gasteiger partial charge in [-0.25, -0.2) is 4.99 Å². The minimum Gasteiger partial charge on any atom is -0.488 e. The highest BCUT2D eigenvalue weighted by Gasteiger charge is 2.09. The third-order valence-corrected chi connectivity index (χ3v) is 3.93. The third-order valence-electron chi connectivity index (χ3n) is 3.27. The van der Waals surface area contributed by atoms with Crippen molar-refractivity contribution in [3.05, 3.63) is 28.7 Å². The van der Waals surface area contributed by atoms with Crippen LogP contribution in [0.2, 0.25) is 0 Å². The second kappa shape index (κ2) is 11.0. The van der Waals surface area contributed by atoms with Crippen LogP contribution in [0.1, 0.15) is 20.8 Å². The van der Waals surface area contributed by atoms with E-state index in [0.29, 0.717) is 18.4 Å². The summed E-state index contributed by atoms with van der Waals surface area (Å²) in [6, 6.07) is 7.74. The van der Waals surface area contributed by atoms with E-state index < -0.39 is 0 Å². The van der Waals surface area contributed by atoms with Crippen LogP contribution in [0, 0.1) is 5.92 Å². The van der Waals surface area contributed by atoms with Crippen LogP contribution >= 0.6 is 15.9 Å². The van der Waals surface area contributed by atoms with Crippen molar-refractivity contribution in [1.29, 1.82) is 0 Å². The van der Waals surface area contributed by atoms with Gasteiger partial charge in [-0.15, -0.1) is 0 Å². The van der Waals surface area contributed by atoms with Crippen LogP contribution in [-0.4, -0.2) is 56.6 Å². The number of nitrogens with one attached hydrogen (secondary N) is 2. The van der Waals surface area contributed by atoms with Crippen molar-refractivity contribution in [2.45, 2.75) is 26.9 Å². The summed E-state index contributed by atoms with van der Waals surface area (Å²) in [5.41, 5.74) is 0. The minimum atomic E-state index is -0.0608. The Morgan fingerprint density at radius 2 is 1.84 bits per heavy atom. The molecule has 0 fully saturated rings. The molecule has 0 aromatic heterocycles. The summed E-state index contributed by atoms with van der Waals surface area (Å²) in [5, 5.41) is 6.48. The summed E-state index contributed by atoms with van der Waals surface area (Å²) < 4.78 is 6.84. The third kappa shape index (κ3) is 8.77. The Labute approximate surface area is 159 Å². The Kier molecular flexibility index (Phi) is 9.34. The van der Waals surface area contributed by atoms with Gasteiger partial charge < -0.3 is 20.3 Å². The van der Waals surface area contributed by atoms with Crippen LogP contribution in [0.25, 0.3) is 0 Å². The van der Waals surface area contributed by atoms with E-state index in [-0.39, 0.29) is 18.6 Å². The summed E-state index contributed by atoms with van der Waals surface area (Å²) in [6.45, 7) is 7.68. The quantitative estimate of drug-likeness (QED) is 0.508. The van der Waals surface area contributed by atoms with E-state index in [4.69, 9.17) is 4.74 Å². The maximum Gasteiger partial charge on any atom is 0.243 e. The molecule has 0 aliphatic rings. The summed E-state index contributed by atoms with van der Waals surface area (Å²) in [6.07, 6.45) is -0.0608. The predicted octanol–water partition coefficient (Wildman–Crippen LogP) is 2.50. The van der Waals surface area contributed by atoms with Gasteiger partial charge in [-0.1, -0.05) is 26.0 Å². The van der Waals surface area contributed by atoms with E-state index in [2.05, 4.69) is 45.4 Å². The minimum absolute atomic E-state index is 0.0387. The summed E-state index contributed by atoms with van der Waals surface area (Å²) in [5.74, 6) is 1.85. The molecule has 7 heteroatoms. The Morgan fingerprint density at radius 1 is 1.20 bits per heavy atom. The van der Waals surface area contributed by atoms with Gasteiger partial charge in [0.25, 0.3) is 0 Å². The number of halogens is 1. The highest BCUT2D eigenvalue weighted by molar-refractivity contribution is 9.10. The normalized spacial score (nSPS) is 12.7. The number of aliphatic imine (C=N–C) groups is 1. The van der Waals surface area contributed by atoms with Crippen molar-refractivity contribution in [2.75, 3.05) is 33.7 Å². The van der Waals surface area contributed by atoms with E-state index >= 15 is 0 Å². The molecule has 0 heterocycles. The molecule has 2 N–H and O–H groups in total. The van der Waals surface area contributed by atoms with Gasteiger partial charge >= 0.3 is 0 Å². The first kappa shape index (κ1) is 21.3. The lowest BCUT2D eigenvalue weighted by atomic mass is 10.2. The Morgan fingerprint density at radius 3 is 2.44 bits per heavy atom. The van der Waals surface area contributed by atoms with Crippen LogP contribution in [0.4, 0.5) is 0 Å². The lowest BCUT2D eigenvalue weighted by Gasteiger charge is -2.19. The standard InChI is InChI=1S/C18H29BrN4O2/c1-13(2)10-20-18(22-12-17(24)23(4)5)21-11-14(3)25-16-9-7-6-8-15(16)19/h6-9,13-14H,10-12H2,1-5H3,(H2,20,21,22). The van der Waals surface area contributed by atoms with Crippen LogP contribution < -0.4 is 15.4 Å². The maximum atomic E-state index is 11.7. The number of guanidine groups is 1. The SMILES string of the molecule is CC(C)CNC(=NCC(=O)N(C)C)NCC(C)Oc1ccccc1Br. The number of carbonyl (C=O) groups is 1. The summed E-state index contributed by atoms with van der Waals surface area (Å²) >= 11 is 3.48. The molecule has 1 unspecified atom stereocenters. The van der Waals surface area contributed by atoms with Crippen molar-refractivity contribution >= 4 is 27.8 Å². The number of nitrogens with zero attached hydrogens (tertiary/aromatic N) is 2. The summed E-state index contributed by atoms with van der Waals surface area (Å²) in [7, 11) is 3.44. The average molecular weight is 413 g/mol. The second-order valence-corrected chi connectivity index (χ2v) is 7.32.